The van der Waals surface area contributed by atoms with Crippen molar-refractivity contribution in [2.24, 2.45) is 5.73 Å². The number of anilines is 1. The Balaban J connectivity index is 3.02. The third kappa shape index (κ3) is 3.67. The monoisotopic (exact) mass is 317 g/mol. The molecule has 0 aromatic heterocycles. The van der Waals surface area contributed by atoms with Gasteiger partial charge < -0.3 is 27.0 Å². The standard InChI is InChI=1S/C12H13F2N3O5/c13-12(14,7(16)10(19)20)8(11(21)22)17-9(18)5-1-3-6(15)4-2-5/h1-4,7-8H,15-16H2,(H,17,18)(H,19,20)(H,21,22)/t7-,8?/m1/s1. The minimum absolute atomic E-state index is 0.125. The fourth-order valence-corrected chi connectivity index (χ4v) is 1.52. The molecule has 0 aliphatic carbocycles. The zero-order chi connectivity index (χ0) is 17.1. The Morgan fingerprint density at radius 1 is 1.09 bits per heavy atom. The second-order valence-electron chi connectivity index (χ2n) is 4.36. The highest BCUT2D eigenvalue weighted by molar-refractivity contribution is 5.97. The van der Waals surface area contributed by atoms with E-state index in [1.165, 1.54) is 24.3 Å². The fourth-order valence-electron chi connectivity index (χ4n) is 1.52. The summed E-state index contributed by atoms with van der Waals surface area (Å²) in [5.74, 6) is -9.76. The van der Waals surface area contributed by atoms with Gasteiger partial charge in [-0.3, -0.25) is 9.59 Å². The number of halogens is 2. The van der Waals surface area contributed by atoms with Crippen LogP contribution in [-0.2, 0) is 9.59 Å². The molecule has 1 aromatic carbocycles. The number of amides is 1. The Morgan fingerprint density at radius 3 is 2.00 bits per heavy atom. The quantitative estimate of drug-likeness (QED) is 0.443. The van der Waals surface area contributed by atoms with Crippen molar-refractivity contribution in [3.05, 3.63) is 29.8 Å². The summed E-state index contributed by atoms with van der Waals surface area (Å²) in [6, 6.07) is -0.584. The van der Waals surface area contributed by atoms with Gasteiger partial charge in [-0.25, -0.2) is 13.6 Å². The second-order valence-corrected chi connectivity index (χ2v) is 4.36. The predicted octanol–water partition coefficient (Wildman–Crippen LogP) is -0.501. The zero-order valence-electron chi connectivity index (χ0n) is 11.0. The molecule has 0 bridgehead atoms. The molecule has 120 valence electrons. The van der Waals surface area contributed by atoms with Crippen molar-refractivity contribution in [1.29, 1.82) is 0 Å². The van der Waals surface area contributed by atoms with Crippen LogP contribution in [0.1, 0.15) is 10.4 Å². The van der Waals surface area contributed by atoms with Gasteiger partial charge in [-0.2, -0.15) is 0 Å². The largest absolute Gasteiger partial charge is 0.480 e. The molecule has 2 atom stereocenters. The Hall–Kier alpha value is -2.75. The normalized spacial score (nSPS) is 14.0. The lowest BCUT2D eigenvalue weighted by Crippen LogP contribution is -2.62. The number of rotatable bonds is 6. The van der Waals surface area contributed by atoms with E-state index in [1.807, 2.05) is 0 Å². The van der Waals surface area contributed by atoms with Gasteiger partial charge in [0.1, 0.15) is 0 Å². The van der Waals surface area contributed by atoms with Gasteiger partial charge in [0, 0.05) is 11.3 Å². The van der Waals surface area contributed by atoms with E-state index >= 15 is 0 Å². The molecule has 22 heavy (non-hydrogen) atoms. The molecule has 10 heteroatoms. The molecule has 0 saturated heterocycles. The number of aliphatic carboxylic acids is 2. The number of carbonyl (C=O) groups is 3. The smallest absolute Gasteiger partial charge is 0.332 e. The lowest BCUT2D eigenvalue weighted by molar-refractivity contribution is -0.160. The molecular formula is C12H13F2N3O5. The summed E-state index contributed by atoms with van der Waals surface area (Å²) >= 11 is 0. The highest BCUT2D eigenvalue weighted by atomic mass is 19.3. The molecule has 7 N–H and O–H groups in total. The minimum Gasteiger partial charge on any atom is -0.480 e. The van der Waals surface area contributed by atoms with Crippen LogP contribution in [0.4, 0.5) is 14.5 Å². The van der Waals surface area contributed by atoms with Crippen LogP contribution in [0.3, 0.4) is 0 Å². The third-order valence-electron chi connectivity index (χ3n) is 2.76. The first-order chi connectivity index (χ1) is 10.1. The molecule has 0 saturated carbocycles. The van der Waals surface area contributed by atoms with E-state index in [0.717, 1.165) is 0 Å². The summed E-state index contributed by atoms with van der Waals surface area (Å²) in [6.45, 7) is 0. The van der Waals surface area contributed by atoms with Crippen molar-refractivity contribution in [2.45, 2.75) is 18.0 Å². The number of nitrogens with two attached hydrogens (primary N) is 2. The minimum atomic E-state index is -4.40. The maximum atomic E-state index is 13.8. The Labute approximate surface area is 122 Å². The van der Waals surface area contributed by atoms with Crippen LogP contribution in [0, 0.1) is 0 Å². The Bertz CT molecular complexity index is 591. The first-order valence-corrected chi connectivity index (χ1v) is 5.82. The molecule has 1 unspecified atom stereocenters. The average molecular weight is 317 g/mol. The number of nitrogen functional groups attached to an aromatic ring is 1. The van der Waals surface area contributed by atoms with Crippen molar-refractivity contribution in [3.8, 4) is 0 Å². The van der Waals surface area contributed by atoms with Crippen LogP contribution in [-0.4, -0.2) is 46.1 Å². The number of hydrogen-bond acceptors (Lipinski definition) is 5. The van der Waals surface area contributed by atoms with Crippen LogP contribution in [0.15, 0.2) is 24.3 Å². The fraction of sp³-hybridized carbons (Fsp3) is 0.250. The number of benzene rings is 1. The first kappa shape index (κ1) is 17.3. The van der Waals surface area contributed by atoms with E-state index in [0.29, 0.717) is 5.69 Å². The molecular weight excluding hydrogens is 304 g/mol. The topological polar surface area (TPSA) is 156 Å². The highest BCUT2D eigenvalue weighted by Crippen LogP contribution is 2.23. The van der Waals surface area contributed by atoms with Gasteiger partial charge in [-0.15, -0.1) is 0 Å². The highest BCUT2D eigenvalue weighted by Gasteiger charge is 2.53. The predicted molar refractivity (Wildman–Crippen MR) is 70.3 cm³/mol. The molecule has 1 rings (SSSR count). The molecule has 0 spiro atoms. The number of carboxylic acids is 2. The molecule has 1 aromatic rings. The average Bonchev–Trinajstić information content (AvgIpc) is 2.43. The summed E-state index contributed by atoms with van der Waals surface area (Å²) in [5.41, 5.74) is 10.4. The maximum absolute atomic E-state index is 13.8. The number of hydrogen-bond donors (Lipinski definition) is 5. The first-order valence-electron chi connectivity index (χ1n) is 5.82. The van der Waals surface area contributed by atoms with E-state index in [4.69, 9.17) is 21.7 Å². The van der Waals surface area contributed by atoms with Crippen LogP contribution in [0.5, 0.6) is 0 Å². The molecule has 0 aliphatic rings. The number of nitrogens with one attached hydrogen (secondary N) is 1. The number of carboxylic acid groups (broad SMARTS) is 2. The van der Waals surface area contributed by atoms with Crippen molar-refractivity contribution in [2.75, 3.05) is 5.73 Å². The van der Waals surface area contributed by atoms with Gasteiger partial charge in [0.2, 0.25) is 0 Å². The van der Waals surface area contributed by atoms with Crippen molar-refractivity contribution in [3.63, 3.8) is 0 Å². The van der Waals surface area contributed by atoms with Gasteiger partial charge in [0.15, 0.2) is 12.1 Å². The lowest BCUT2D eigenvalue weighted by atomic mass is 10.0. The van der Waals surface area contributed by atoms with Gasteiger partial charge in [0.25, 0.3) is 5.91 Å². The van der Waals surface area contributed by atoms with Gasteiger partial charge in [0.05, 0.1) is 0 Å². The van der Waals surface area contributed by atoms with Crippen LogP contribution in [0.2, 0.25) is 0 Å². The third-order valence-corrected chi connectivity index (χ3v) is 2.76. The summed E-state index contributed by atoms with van der Waals surface area (Å²) in [7, 11) is 0. The Kier molecular flexibility index (Phi) is 4.99. The summed E-state index contributed by atoms with van der Waals surface area (Å²) in [6.07, 6.45) is 0. The van der Waals surface area contributed by atoms with Gasteiger partial charge in [-0.05, 0) is 24.3 Å². The van der Waals surface area contributed by atoms with E-state index in [9.17, 15) is 23.2 Å². The second kappa shape index (κ2) is 6.35. The van der Waals surface area contributed by atoms with E-state index in [-0.39, 0.29) is 5.56 Å². The molecule has 0 heterocycles. The molecule has 0 radical (unpaired) electrons. The van der Waals surface area contributed by atoms with Gasteiger partial charge in [-0.1, -0.05) is 0 Å². The summed E-state index contributed by atoms with van der Waals surface area (Å²) < 4.78 is 27.6. The van der Waals surface area contributed by atoms with Gasteiger partial charge >= 0.3 is 17.9 Å². The van der Waals surface area contributed by atoms with Crippen LogP contribution < -0.4 is 16.8 Å². The summed E-state index contributed by atoms with van der Waals surface area (Å²) in [4.78, 5) is 33.2. The van der Waals surface area contributed by atoms with Crippen LogP contribution >= 0.6 is 0 Å². The van der Waals surface area contributed by atoms with Crippen molar-refractivity contribution >= 4 is 23.5 Å². The zero-order valence-corrected chi connectivity index (χ0v) is 11.0. The van der Waals surface area contributed by atoms with Crippen molar-refractivity contribution < 1.29 is 33.4 Å². The van der Waals surface area contributed by atoms with E-state index in [1.54, 1.807) is 5.32 Å². The molecule has 8 nitrogen and oxygen atoms in total. The van der Waals surface area contributed by atoms with E-state index in [2.05, 4.69) is 0 Å². The molecule has 0 aliphatic heterocycles. The summed E-state index contributed by atoms with van der Waals surface area (Å²) in [5, 5.41) is 18.9. The number of carbonyl (C=O) groups excluding carboxylic acids is 1. The lowest BCUT2D eigenvalue weighted by Gasteiger charge is -2.27. The Morgan fingerprint density at radius 2 is 1.59 bits per heavy atom. The van der Waals surface area contributed by atoms with Crippen LogP contribution in [0.25, 0.3) is 0 Å². The SMILES string of the molecule is Nc1ccc(C(=O)NC(C(=O)O)C(F)(F)[C@H](N)C(=O)O)cc1. The maximum Gasteiger partial charge on any atom is 0.332 e. The van der Waals surface area contributed by atoms with E-state index < -0.39 is 35.9 Å². The molecule has 0 fully saturated rings. The molecule has 1 amide bonds. The van der Waals surface area contributed by atoms with Crippen molar-refractivity contribution in [1.82, 2.24) is 5.32 Å². The number of alkyl halides is 2.